The van der Waals surface area contributed by atoms with Crippen LogP contribution in [0.1, 0.15) is 0 Å². The second-order valence-corrected chi connectivity index (χ2v) is 2.35. The van der Waals surface area contributed by atoms with Crippen molar-refractivity contribution in [1.29, 1.82) is 0 Å². The third kappa shape index (κ3) is 8.32. The molecular weight excluding hydrogens is 342 g/mol. The maximum Gasteiger partial charge on any atom is 0.0993 e. The molecule has 0 aliphatic rings. The summed E-state index contributed by atoms with van der Waals surface area (Å²) in [6, 6.07) is 2.45. The molecule has 0 rings (SSSR count). The smallest absolute Gasteiger partial charge is 0.0993 e. The minimum atomic E-state index is 1.62. The molecule has 0 saturated carbocycles. The Morgan fingerprint density at radius 3 is 1.78 bits per heavy atom. The molecule has 4 heteroatoms. The summed E-state index contributed by atoms with van der Waals surface area (Å²) < 4.78 is 3.57. The zero-order valence-corrected chi connectivity index (χ0v) is 8.77. The lowest BCUT2D eigenvalue weighted by atomic mass is 11.0. The van der Waals surface area contributed by atoms with Gasteiger partial charge in [-0.2, -0.15) is 9.98 Å². The number of hydrogen-bond acceptors (Lipinski definition) is 2. The maximum absolute atomic E-state index is 3.67. The van der Waals surface area contributed by atoms with Crippen LogP contribution in [-0.2, 0) is 0 Å². The molecule has 2 nitrogen and oxygen atoms in total. The fraction of sp³-hybridized carbons (Fsp3) is 0. The fourth-order valence-electron chi connectivity index (χ4n) is 0.156. The highest BCUT2D eigenvalue weighted by Crippen LogP contribution is 1.83. The van der Waals surface area contributed by atoms with Gasteiger partial charge in [-0.3, -0.25) is 0 Å². The highest BCUT2D eigenvalue weighted by Gasteiger charge is 1.55. The summed E-state index contributed by atoms with van der Waals surface area (Å²) >= 11 is 4.15. The van der Waals surface area contributed by atoms with Crippen LogP contribution in [0.25, 0.3) is 0 Å². The van der Waals surface area contributed by atoms with Crippen LogP contribution in [0.2, 0.25) is 0 Å². The van der Waals surface area contributed by atoms with Gasteiger partial charge in [0.1, 0.15) is 0 Å². The van der Waals surface area contributed by atoms with Crippen molar-refractivity contribution < 1.29 is 0 Å². The summed E-state index contributed by atoms with van der Waals surface area (Å²) in [5, 5.41) is 0. The van der Waals surface area contributed by atoms with E-state index in [0.717, 1.165) is 0 Å². The predicted octanol–water partition coefficient (Wildman–Crippen LogP) is 2.97. The number of halogens is 2. The highest BCUT2D eigenvalue weighted by atomic mass is 127. The normalized spacial score (nSPS) is 10.0. The van der Waals surface area contributed by atoms with Crippen LogP contribution in [-0.4, -0.2) is 6.01 Å². The standard InChI is InChI=1S/C5H4I2N2/c6-1-3-8-5-9-4-2-7/h1-4H/b3-1-,4-2-. The van der Waals surface area contributed by atoms with Crippen molar-refractivity contribution in [1.82, 2.24) is 0 Å². The van der Waals surface area contributed by atoms with Crippen molar-refractivity contribution in [3.05, 3.63) is 20.6 Å². The molecule has 0 atom stereocenters. The second-order valence-electron chi connectivity index (χ2n) is 0.908. The lowest BCUT2D eigenvalue weighted by Crippen LogP contribution is -1.47. The summed E-state index contributed by atoms with van der Waals surface area (Å²) in [6.07, 6.45) is 3.23. The topological polar surface area (TPSA) is 24.7 Å². The first-order valence-electron chi connectivity index (χ1n) is 2.07. The summed E-state index contributed by atoms with van der Waals surface area (Å²) in [5.74, 6) is 0. The number of hydrogen-bond donors (Lipinski definition) is 0. The predicted molar refractivity (Wildman–Crippen MR) is 56.2 cm³/mol. The van der Waals surface area contributed by atoms with Crippen LogP contribution < -0.4 is 0 Å². The molecule has 0 amide bonds. The monoisotopic (exact) mass is 346 g/mol. The van der Waals surface area contributed by atoms with Crippen LogP contribution in [0, 0.1) is 0 Å². The van der Waals surface area contributed by atoms with Crippen LogP contribution in [0.3, 0.4) is 0 Å². The van der Waals surface area contributed by atoms with Crippen molar-refractivity contribution in [3.63, 3.8) is 0 Å². The molecule has 0 N–H and O–H groups in total. The molecule has 0 aliphatic carbocycles. The van der Waals surface area contributed by atoms with E-state index in [1.165, 1.54) is 0 Å². The third-order valence-corrected chi connectivity index (χ3v) is 1.02. The molecule has 0 aromatic heterocycles. The van der Waals surface area contributed by atoms with Gasteiger partial charge in [0.05, 0.1) is 6.01 Å². The van der Waals surface area contributed by atoms with Gasteiger partial charge >= 0.3 is 0 Å². The van der Waals surface area contributed by atoms with Crippen molar-refractivity contribution >= 4 is 51.2 Å². The van der Waals surface area contributed by atoms with Gasteiger partial charge < -0.3 is 0 Å². The number of aliphatic imine (C=N–C) groups is 2. The molecule has 0 fully saturated rings. The van der Waals surface area contributed by atoms with E-state index in [4.69, 9.17) is 0 Å². The first-order valence-corrected chi connectivity index (χ1v) is 4.56. The quantitative estimate of drug-likeness (QED) is 0.543. The Labute approximate surface area is 81.1 Å². The first-order chi connectivity index (χ1) is 4.41. The molecule has 0 saturated heterocycles. The van der Waals surface area contributed by atoms with Gasteiger partial charge in [0.2, 0.25) is 0 Å². The van der Waals surface area contributed by atoms with E-state index in [1.54, 1.807) is 20.6 Å². The van der Waals surface area contributed by atoms with Crippen LogP contribution in [0.15, 0.2) is 30.6 Å². The van der Waals surface area contributed by atoms with Gasteiger partial charge in [0.15, 0.2) is 0 Å². The molecule has 0 spiro atoms. The minimum absolute atomic E-state index is 1.62. The summed E-state index contributed by atoms with van der Waals surface area (Å²) in [5.41, 5.74) is 0. The number of nitrogens with zero attached hydrogens (tertiary/aromatic N) is 2. The Balaban J connectivity index is 3.67. The molecule has 0 radical (unpaired) electrons. The van der Waals surface area contributed by atoms with E-state index < -0.39 is 0 Å². The zero-order chi connectivity index (χ0) is 6.95. The molecule has 0 unspecified atom stereocenters. The molecule has 9 heavy (non-hydrogen) atoms. The largest absolute Gasteiger partial charge is 0.195 e. The Kier molecular flexibility index (Phi) is 8.62. The third-order valence-electron chi connectivity index (χ3n) is 0.377. The highest BCUT2D eigenvalue weighted by molar-refractivity contribution is 14.1. The van der Waals surface area contributed by atoms with Crippen molar-refractivity contribution in [2.45, 2.75) is 0 Å². The first kappa shape index (κ1) is 9.32. The Morgan fingerprint density at radius 2 is 1.44 bits per heavy atom. The lowest BCUT2D eigenvalue weighted by molar-refractivity contribution is 1.55. The van der Waals surface area contributed by atoms with Crippen molar-refractivity contribution in [3.8, 4) is 0 Å². The van der Waals surface area contributed by atoms with E-state index in [0.29, 0.717) is 0 Å². The van der Waals surface area contributed by atoms with Gasteiger partial charge in [-0.25, -0.2) is 0 Å². The molecule has 48 valence electrons. The molecular formula is C5H4I2N2. The maximum atomic E-state index is 3.67. The molecule has 0 aromatic carbocycles. The summed E-state index contributed by atoms with van der Waals surface area (Å²) in [4.78, 5) is 7.34. The SMILES string of the molecule is I/C=C\N=C=N/C=C\I. The number of rotatable bonds is 2. The molecule has 0 aromatic rings. The second kappa shape index (κ2) is 8.32. The van der Waals surface area contributed by atoms with Gasteiger partial charge in [-0.1, -0.05) is 45.2 Å². The average molecular weight is 346 g/mol. The van der Waals surface area contributed by atoms with E-state index in [-0.39, 0.29) is 0 Å². The van der Waals surface area contributed by atoms with Gasteiger partial charge in [-0.05, 0) is 8.17 Å². The van der Waals surface area contributed by atoms with Crippen LogP contribution in [0.5, 0.6) is 0 Å². The summed E-state index contributed by atoms with van der Waals surface area (Å²) in [6.45, 7) is 0. The fourth-order valence-corrected chi connectivity index (χ4v) is 0.478. The Hall–Kier alpha value is 0.320. The Bertz CT molecular complexity index is 150. The minimum Gasteiger partial charge on any atom is -0.195 e. The summed E-state index contributed by atoms with van der Waals surface area (Å²) in [7, 11) is 0. The average Bonchev–Trinajstić information content (AvgIpc) is 1.89. The van der Waals surface area contributed by atoms with E-state index in [2.05, 4.69) is 61.2 Å². The van der Waals surface area contributed by atoms with Gasteiger partial charge in [-0.15, -0.1) is 0 Å². The van der Waals surface area contributed by atoms with Crippen LogP contribution in [0.4, 0.5) is 0 Å². The van der Waals surface area contributed by atoms with Gasteiger partial charge in [0, 0.05) is 12.4 Å². The van der Waals surface area contributed by atoms with Crippen LogP contribution >= 0.6 is 45.2 Å². The van der Waals surface area contributed by atoms with Crippen molar-refractivity contribution in [2.75, 3.05) is 0 Å². The zero-order valence-electron chi connectivity index (χ0n) is 4.46. The molecule has 0 aliphatic heterocycles. The lowest BCUT2D eigenvalue weighted by Gasteiger charge is -1.63. The molecule has 0 heterocycles. The van der Waals surface area contributed by atoms with E-state index in [1.807, 2.05) is 0 Å². The van der Waals surface area contributed by atoms with Crippen molar-refractivity contribution in [2.24, 2.45) is 9.98 Å². The van der Waals surface area contributed by atoms with E-state index >= 15 is 0 Å². The Morgan fingerprint density at radius 1 is 1.00 bits per heavy atom. The van der Waals surface area contributed by atoms with E-state index in [9.17, 15) is 0 Å². The van der Waals surface area contributed by atoms with Gasteiger partial charge in [0.25, 0.3) is 0 Å². The molecule has 0 bridgehead atoms.